The largest absolute Gasteiger partial charge is 0.481 e. The lowest BCUT2D eigenvalue weighted by molar-refractivity contribution is 0.358. The molecular weight excluding hydrogens is 228 g/mol. The maximum atomic E-state index is 5.91. The summed E-state index contributed by atoms with van der Waals surface area (Å²) in [6.07, 6.45) is 6.55. The molecule has 1 aromatic heterocycles. The third kappa shape index (κ3) is 2.42. The molecule has 1 aliphatic carbocycles. The summed E-state index contributed by atoms with van der Waals surface area (Å²) in [5.41, 5.74) is 7.96. The molecule has 100 valence electrons. The average Bonchev–Trinajstić information content (AvgIpc) is 2.94. The van der Waals surface area contributed by atoms with Crippen molar-refractivity contribution in [3.05, 3.63) is 23.4 Å². The van der Waals surface area contributed by atoms with Crippen LogP contribution in [0.25, 0.3) is 0 Å². The molecule has 0 aromatic carbocycles. The summed E-state index contributed by atoms with van der Waals surface area (Å²) in [4.78, 5) is 0. The summed E-state index contributed by atoms with van der Waals surface area (Å²) in [7, 11) is 3.56. The summed E-state index contributed by atoms with van der Waals surface area (Å²) in [5, 5.41) is 8.00. The predicted octanol–water partition coefficient (Wildman–Crippen LogP) is 1.05. The molecule has 1 heterocycles. The number of aryl methyl sites for hydroxylation is 2. The SMILES string of the molecule is COc1c(C(CN)NC2CC=CC2)c(C)nn1C. The van der Waals surface area contributed by atoms with E-state index in [1.165, 1.54) is 0 Å². The third-order valence-corrected chi connectivity index (χ3v) is 3.44. The standard InChI is InChI=1S/C13H22N4O/c1-9-12(13(18-3)17(2)16-9)11(8-14)15-10-6-4-5-7-10/h4-5,10-11,15H,6-8,14H2,1-3H3. The molecule has 0 amide bonds. The number of hydrogen-bond donors (Lipinski definition) is 2. The van der Waals surface area contributed by atoms with Gasteiger partial charge >= 0.3 is 0 Å². The molecule has 0 bridgehead atoms. The van der Waals surface area contributed by atoms with E-state index in [1.807, 2.05) is 14.0 Å². The van der Waals surface area contributed by atoms with Gasteiger partial charge in [-0.25, -0.2) is 4.68 Å². The van der Waals surface area contributed by atoms with Crippen molar-refractivity contribution in [1.82, 2.24) is 15.1 Å². The van der Waals surface area contributed by atoms with E-state index in [9.17, 15) is 0 Å². The second-order valence-electron chi connectivity index (χ2n) is 4.73. The zero-order valence-corrected chi connectivity index (χ0v) is 11.3. The Morgan fingerprint density at radius 1 is 1.56 bits per heavy atom. The minimum absolute atomic E-state index is 0.0959. The molecule has 0 fully saturated rings. The number of ether oxygens (including phenoxy) is 1. The van der Waals surface area contributed by atoms with Crippen LogP contribution in [0.15, 0.2) is 12.2 Å². The van der Waals surface area contributed by atoms with E-state index in [4.69, 9.17) is 10.5 Å². The lowest BCUT2D eigenvalue weighted by Gasteiger charge is -2.22. The Kier molecular flexibility index (Phi) is 4.04. The molecule has 1 unspecified atom stereocenters. The van der Waals surface area contributed by atoms with Gasteiger partial charge in [0.15, 0.2) is 0 Å². The maximum absolute atomic E-state index is 5.91. The Balaban J connectivity index is 2.20. The van der Waals surface area contributed by atoms with Crippen LogP contribution >= 0.6 is 0 Å². The number of aromatic nitrogens is 2. The first-order valence-electron chi connectivity index (χ1n) is 6.36. The molecule has 5 heteroatoms. The highest BCUT2D eigenvalue weighted by molar-refractivity contribution is 5.34. The van der Waals surface area contributed by atoms with Crippen molar-refractivity contribution in [2.75, 3.05) is 13.7 Å². The molecule has 0 saturated carbocycles. The van der Waals surface area contributed by atoms with Gasteiger partial charge < -0.3 is 15.8 Å². The van der Waals surface area contributed by atoms with Gasteiger partial charge in [0.2, 0.25) is 5.88 Å². The Labute approximate surface area is 108 Å². The summed E-state index contributed by atoms with van der Waals surface area (Å²) in [6.45, 7) is 2.54. The lowest BCUT2D eigenvalue weighted by atomic mass is 10.1. The molecule has 1 atom stereocenters. The Morgan fingerprint density at radius 3 is 2.78 bits per heavy atom. The van der Waals surface area contributed by atoms with E-state index in [-0.39, 0.29) is 6.04 Å². The number of nitrogens with zero attached hydrogens (tertiary/aromatic N) is 2. The van der Waals surface area contributed by atoms with Gasteiger partial charge in [-0.1, -0.05) is 12.2 Å². The monoisotopic (exact) mass is 250 g/mol. The van der Waals surface area contributed by atoms with Gasteiger partial charge in [-0.3, -0.25) is 0 Å². The molecule has 2 rings (SSSR count). The van der Waals surface area contributed by atoms with Crippen LogP contribution in [0.2, 0.25) is 0 Å². The first-order valence-corrected chi connectivity index (χ1v) is 6.36. The first kappa shape index (κ1) is 13.1. The normalized spacial score (nSPS) is 17.3. The van der Waals surface area contributed by atoms with E-state index >= 15 is 0 Å². The van der Waals surface area contributed by atoms with Gasteiger partial charge in [-0.15, -0.1) is 0 Å². The average molecular weight is 250 g/mol. The van der Waals surface area contributed by atoms with Crippen LogP contribution in [-0.4, -0.2) is 29.5 Å². The summed E-state index contributed by atoms with van der Waals surface area (Å²) in [6, 6.07) is 0.571. The Morgan fingerprint density at radius 2 is 2.22 bits per heavy atom. The molecule has 1 aliphatic rings. The first-order chi connectivity index (χ1) is 8.67. The van der Waals surface area contributed by atoms with Gasteiger partial charge in [-0.2, -0.15) is 5.10 Å². The van der Waals surface area contributed by atoms with Crippen LogP contribution in [0.3, 0.4) is 0 Å². The highest BCUT2D eigenvalue weighted by Gasteiger charge is 2.24. The number of rotatable bonds is 5. The van der Waals surface area contributed by atoms with Crippen LogP contribution in [0, 0.1) is 6.92 Å². The second kappa shape index (κ2) is 5.54. The Bertz CT molecular complexity index is 430. The van der Waals surface area contributed by atoms with Gasteiger partial charge in [0.1, 0.15) is 0 Å². The molecule has 0 saturated heterocycles. The maximum Gasteiger partial charge on any atom is 0.216 e. The van der Waals surface area contributed by atoms with Gasteiger partial charge in [0.25, 0.3) is 0 Å². The number of nitrogens with two attached hydrogens (primary N) is 1. The topological polar surface area (TPSA) is 65.1 Å². The zero-order valence-electron chi connectivity index (χ0n) is 11.3. The van der Waals surface area contributed by atoms with Gasteiger partial charge in [0, 0.05) is 19.6 Å². The quantitative estimate of drug-likeness (QED) is 0.767. The summed E-state index contributed by atoms with van der Waals surface area (Å²) < 4.78 is 7.20. The van der Waals surface area contributed by atoms with E-state index in [0.717, 1.165) is 30.0 Å². The van der Waals surface area contributed by atoms with Crippen LogP contribution in [0.4, 0.5) is 0 Å². The predicted molar refractivity (Wildman–Crippen MR) is 71.6 cm³/mol. The molecule has 0 radical (unpaired) electrons. The fourth-order valence-corrected chi connectivity index (χ4v) is 2.60. The highest BCUT2D eigenvalue weighted by Crippen LogP contribution is 2.28. The van der Waals surface area contributed by atoms with E-state index < -0.39 is 0 Å². The molecule has 5 nitrogen and oxygen atoms in total. The van der Waals surface area contributed by atoms with Crippen LogP contribution in [0.5, 0.6) is 5.88 Å². The van der Waals surface area contributed by atoms with Crippen LogP contribution < -0.4 is 15.8 Å². The Hall–Kier alpha value is -1.33. The second-order valence-corrected chi connectivity index (χ2v) is 4.73. The van der Waals surface area contributed by atoms with Crippen molar-refractivity contribution < 1.29 is 4.74 Å². The van der Waals surface area contributed by atoms with Crippen LogP contribution in [-0.2, 0) is 7.05 Å². The van der Waals surface area contributed by atoms with Crippen molar-refractivity contribution in [1.29, 1.82) is 0 Å². The van der Waals surface area contributed by atoms with Gasteiger partial charge in [0.05, 0.1) is 24.4 Å². The zero-order chi connectivity index (χ0) is 13.1. The van der Waals surface area contributed by atoms with Crippen molar-refractivity contribution in [3.8, 4) is 5.88 Å². The van der Waals surface area contributed by atoms with Crippen LogP contribution in [0.1, 0.15) is 30.1 Å². The minimum atomic E-state index is 0.0959. The van der Waals surface area contributed by atoms with Crippen molar-refractivity contribution in [2.45, 2.75) is 31.8 Å². The van der Waals surface area contributed by atoms with E-state index in [1.54, 1.807) is 11.8 Å². The molecule has 1 aromatic rings. The molecule has 0 spiro atoms. The fourth-order valence-electron chi connectivity index (χ4n) is 2.60. The number of hydrogen-bond acceptors (Lipinski definition) is 4. The smallest absolute Gasteiger partial charge is 0.216 e. The van der Waals surface area contributed by atoms with E-state index in [0.29, 0.717) is 12.6 Å². The molecule has 3 N–H and O–H groups in total. The molecular formula is C13H22N4O. The van der Waals surface area contributed by atoms with Crippen molar-refractivity contribution in [2.24, 2.45) is 12.8 Å². The summed E-state index contributed by atoms with van der Waals surface area (Å²) >= 11 is 0. The fraction of sp³-hybridized carbons (Fsp3) is 0.615. The van der Waals surface area contributed by atoms with Crippen molar-refractivity contribution in [3.63, 3.8) is 0 Å². The summed E-state index contributed by atoms with van der Waals surface area (Å²) in [5.74, 6) is 0.793. The number of methoxy groups -OCH3 is 1. The molecule has 18 heavy (non-hydrogen) atoms. The van der Waals surface area contributed by atoms with Gasteiger partial charge in [-0.05, 0) is 19.8 Å². The highest BCUT2D eigenvalue weighted by atomic mass is 16.5. The lowest BCUT2D eigenvalue weighted by Crippen LogP contribution is -2.35. The number of nitrogens with one attached hydrogen (secondary N) is 1. The molecule has 0 aliphatic heterocycles. The van der Waals surface area contributed by atoms with Crippen molar-refractivity contribution >= 4 is 0 Å². The minimum Gasteiger partial charge on any atom is -0.481 e. The third-order valence-electron chi connectivity index (χ3n) is 3.44. The van der Waals surface area contributed by atoms with E-state index in [2.05, 4.69) is 22.6 Å².